The Morgan fingerprint density at radius 3 is 2.74 bits per heavy atom. The van der Waals surface area contributed by atoms with Gasteiger partial charge < -0.3 is 10.4 Å². The third-order valence-electron chi connectivity index (χ3n) is 2.82. The predicted molar refractivity (Wildman–Crippen MR) is 79.4 cm³/mol. The van der Waals surface area contributed by atoms with Gasteiger partial charge in [0, 0.05) is 23.3 Å². The van der Waals surface area contributed by atoms with Gasteiger partial charge in [-0.25, -0.2) is 4.98 Å². The summed E-state index contributed by atoms with van der Waals surface area (Å²) in [6.45, 7) is 6.05. The first-order chi connectivity index (χ1) is 8.75. The second kappa shape index (κ2) is 6.68. The molecule has 1 aromatic heterocycles. The number of halogens is 2. The van der Waals surface area contributed by atoms with Crippen molar-refractivity contribution in [2.24, 2.45) is 5.41 Å². The molecule has 0 aliphatic rings. The van der Waals surface area contributed by atoms with Crippen LogP contribution < -0.4 is 5.32 Å². The number of nitrogens with zero attached hydrogens (tertiary/aromatic N) is 1. The molecule has 0 spiro atoms. The number of hydrogen-bond acceptors (Lipinski definition) is 3. The zero-order chi connectivity index (χ0) is 14.6. The lowest BCUT2D eigenvalue weighted by Gasteiger charge is -2.31. The van der Waals surface area contributed by atoms with Gasteiger partial charge in [-0.3, -0.25) is 4.79 Å². The number of aliphatic hydroxyl groups excluding tert-OH is 1. The first-order valence-electron chi connectivity index (χ1n) is 5.98. The lowest BCUT2D eigenvalue weighted by atomic mass is 9.85. The maximum absolute atomic E-state index is 12.2. The van der Waals surface area contributed by atoms with Crippen LogP contribution >= 0.6 is 27.5 Å². The fourth-order valence-corrected chi connectivity index (χ4v) is 2.19. The van der Waals surface area contributed by atoms with E-state index >= 15 is 0 Å². The molecule has 2 N–H and O–H groups in total. The number of carbonyl (C=O) groups excluding carboxylic acids is 1. The first kappa shape index (κ1) is 16.4. The summed E-state index contributed by atoms with van der Waals surface area (Å²) in [7, 11) is 0. The Labute approximate surface area is 126 Å². The highest BCUT2D eigenvalue weighted by Crippen LogP contribution is 2.23. The van der Waals surface area contributed by atoms with E-state index in [9.17, 15) is 4.79 Å². The van der Waals surface area contributed by atoms with Gasteiger partial charge in [0.15, 0.2) is 0 Å². The molecule has 1 amide bonds. The van der Waals surface area contributed by atoms with Gasteiger partial charge in [0.25, 0.3) is 5.91 Å². The third-order valence-corrected chi connectivity index (χ3v) is 3.55. The fraction of sp³-hybridized carbons (Fsp3) is 0.538. The van der Waals surface area contributed by atoms with Gasteiger partial charge in [0.1, 0.15) is 5.15 Å². The molecule has 106 valence electrons. The highest BCUT2D eigenvalue weighted by Gasteiger charge is 2.26. The summed E-state index contributed by atoms with van der Waals surface area (Å²) in [5.41, 5.74) is 0.174. The SMILES string of the molecule is CC(C)(C)C(CCO)NC(=O)c1cc(Br)cnc1Cl. The molecular weight excluding hydrogens is 332 g/mol. The van der Waals surface area contributed by atoms with Crippen molar-refractivity contribution in [3.8, 4) is 0 Å². The third kappa shape index (κ3) is 4.75. The molecule has 1 atom stereocenters. The molecule has 0 radical (unpaired) electrons. The molecule has 0 saturated heterocycles. The van der Waals surface area contributed by atoms with Crippen LogP contribution in [0.15, 0.2) is 16.7 Å². The van der Waals surface area contributed by atoms with Crippen LogP contribution in [-0.2, 0) is 0 Å². The number of aliphatic hydroxyl groups is 1. The molecule has 6 heteroatoms. The highest BCUT2D eigenvalue weighted by atomic mass is 79.9. The highest BCUT2D eigenvalue weighted by molar-refractivity contribution is 9.10. The Morgan fingerprint density at radius 1 is 1.58 bits per heavy atom. The van der Waals surface area contributed by atoms with E-state index in [1.807, 2.05) is 20.8 Å². The van der Waals surface area contributed by atoms with Crippen LogP contribution in [0.1, 0.15) is 37.6 Å². The average Bonchev–Trinajstić information content (AvgIpc) is 2.30. The largest absolute Gasteiger partial charge is 0.396 e. The van der Waals surface area contributed by atoms with E-state index in [0.29, 0.717) is 16.5 Å². The van der Waals surface area contributed by atoms with Crippen molar-refractivity contribution < 1.29 is 9.90 Å². The monoisotopic (exact) mass is 348 g/mol. The Bertz CT molecular complexity index is 460. The zero-order valence-electron chi connectivity index (χ0n) is 11.2. The van der Waals surface area contributed by atoms with Gasteiger partial charge in [-0.15, -0.1) is 0 Å². The molecule has 4 nitrogen and oxygen atoms in total. The lowest BCUT2D eigenvalue weighted by Crippen LogP contribution is -2.44. The van der Waals surface area contributed by atoms with Crippen molar-refractivity contribution in [1.82, 2.24) is 10.3 Å². The number of pyridine rings is 1. The van der Waals surface area contributed by atoms with E-state index in [1.165, 1.54) is 6.20 Å². The van der Waals surface area contributed by atoms with E-state index < -0.39 is 0 Å². The van der Waals surface area contributed by atoms with Crippen LogP contribution in [0.2, 0.25) is 5.15 Å². The molecule has 1 rings (SSSR count). The van der Waals surface area contributed by atoms with Crippen molar-refractivity contribution >= 4 is 33.4 Å². The van der Waals surface area contributed by atoms with Crippen LogP contribution in [-0.4, -0.2) is 28.6 Å². The molecule has 1 heterocycles. The molecule has 0 bridgehead atoms. The molecule has 1 unspecified atom stereocenters. The van der Waals surface area contributed by atoms with Crippen LogP contribution in [0.5, 0.6) is 0 Å². The number of amides is 1. The summed E-state index contributed by atoms with van der Waals surface area (Å²) in [4.78, 5) is 16.1. The first-order valence-corrected chi connectivity index (χ1v) is 7.15. The Morgan fingerprint density at radius 2 is 2.21 bits per heavy atom. The number of nitrogens with one attached hydrogen (secondary N) is 1. The average molecular weight is 350 g/mol. The van der Waals surface area contributed by atoms with Crippen LogP contribution in [0.4, 0.5) is 0 Å². The molecule has 1 aromatic rings. The Hall–Kier alpha value is -0.650. The van der Waals surface area contributed by atoms with E-state index in [2.05, 4.69) is 26.2 Å². The van der Waals surface area contributed by atoms with Crippen LogP contribution in [0, 0.1) is 5.41 Å². The maximum atomic E-state index is 12.2. The minimum absolute atomic E-state index is 0.0205. The summed E-state index contributed by atoms with van der Waals surface area (Å²) in [5.74, 6) is -0.285. The predicted octanol–water partition coefficient (Wildman–Crippen LogP) is 3.02. The summed E-state index contributed by atoms with van der Waals surface area (Å²) in [5, 5.41) is 12.1. The van der Waals surface area contributed by atoms with Gasteiger partial charge in [-0.05, 0) is 33.8 Å². The fourth-order valence-electron chi connectivity index (χ4n) is 1.67. The van der Waals surface area contributed by atoms with Crippen molar-refractivity contribution in [3.05, 3.63) is 27.5 Å². The second-order valence-corrected chi connectivity index (χ2v) is 6.67. The lowest BCUT2D eigenvalue weighted by molar-refractivity contribution is 0.0885. The van der Waals surface area contributed by atoms with Crippen LogP contribution in [0.3, 0.4) is 0 Å². The van der Waals surface area contributed by atoms with E-state index in [1.54, 1.807) is 6.07 Å². The van der Waals surface area contributed by atoms with Gasteiger partial charge in [0.05, 0.1) is 5.56 Å². The molecule has 0 aliphatic carbocycles. The number of carbonyl (C=O) groups is 1. The summed E-state index contributed by atoms with van der Waals surface area (Å²) >= 11 is 9.18. The van der Waals surface area contributed by atoms with Crippen molar-refractivity contribution in [2.45, 2.75) is 33.2 Å². The normalized spacial score (nSPS) is 13.2. The number of aromatic nitrogens is 1. The molecule has 19 heavy (non-hydrogen) atoms. The standard InChI is InChI=1S/C13H18BrClN2O2/c1-13(2,3)10(4-5-18)17-12(19)9-6-8(14)7-16-11(9)15/h6-7,10,18H,4-5H2,1-3H3,(H,17,19). The minimum atomic E-state index is -0.285. The smallest absolute Gasteiger partial charge is 0.254 e. The molecule has 0 fully saturated rings. The topological polar surface area (TPSA) is 62.2 Å². The minimum Gasteiger partial charge on any atom is -0.396 e. The zero-order valence-corrected chi connectivity index (χ0v) is 13.5. The molecule has 0 aliphatic heterocycles. The maximum Gasteiger partial charge on any atom is 0.254 e. The summed E-state index contributed by atoms with van der Waals surface area (Å²) in [6.07, 6.45) is 2.03. The van der Waals surface area contributed by atoms with Crippen molar-refractivity contribution in [1.29, 1.82) is 0 Å². The van der Waals surface area contributed by atoms with Crippen molar-refractivity contribution in [3.63, 3.8) is 0 Å². The van der Waals surface area contributed by atoms with Gasteiger partial charge in [-0.1, -0.05) is 32.4 Å². The molecule has 0 saturated carbocycles. The number of rotatable bonds is 4. The van der Waals surface area contributed by atoms with E-state index in [-0.39, 0.29) is 29.1 Å². The van der Waals surface area contributed by atoms with Gasteiger partial charge >= 0.3 is 0 Å². The quantitative estimate of drug-likeness (QED) is 0.821. The second-order valence-electron chi connectivity index (χ2n) is 5.40. The van der Waals surface area contributed by atoms with E-state index in [0.717, 1.165) is 0 Å². The Kier molecular flexibility index (Phi) is 5.77. The summed E-state index contributed by atoms with van der Waals surface area (Å²) < 4.78 is 0.691. The molecule has 0 aromatic carbocycles. The van der Waals surface area contributed by atoms with Crippen molar-refractivity contribution in [2.75, 3.05) is 6.61 Å². The van der Waals surface area contributed by atoms with E-state index in [4.69, 9.17) is 16.7 Å². The number of hydrogen-bond donors (Lipinski definition) is 2. The Balaban J connectivity index is 2.91. The molecular formula is C13H18BrClN2O2. The summed E-state index contributed by atoms with van der Waals surface area (Å²) in [6, 6.07) is 1.49. The van der Waals surface area contributed by atoms with Gasteiger partial charge in [-0.2, -0.15) is 0 Å². The van der Waals surface area contributed by atoms with Gasteiger partial charge in [0.2, 0.25) is 0 Å². The van der Waals surface area contributed by atoms with Crippen LogP contribution in [0.25, 0.3) is 0 Å².